The molecule has 2 aromatic carbocycles. The number of hydrogen-bond donors (Lipinski definition) is 2. The normalized spacial score (nSPS) is 19.0. The van der Waals surface area contributed by atoms with Crippen molar-refractivity contribution in [3.63, 3.8) is 0 Å². The van der Waals surface area contributed by atoms with Crippen LogP contribution in [0.5, 0.6) is 5.75 Å². The van der Waals surface area contributed by atoms with E-state index in [9.17, 15) is 9.90 Å². The lowest BCUT2D eigenvalue weighted by atomic mass is 10.0. The van der Waals surface area contributed by atoms with Gasteiger partial charge >= 0.3 is 0 Å². The SMILES string of the molecule is CC(=O)Nc1cccc(C2CN(c3cccc(O)c3)CC(c3ncccn3)O2)c1. The molecular weight excluding hydrogens is 368 g/mol. The van der Waals surface area contributed by atoms with Crippen LogP contribution in [0.4, 0.5) is 11.4 Å². The summed E-state index contributed by atoms with van der Waals surface area (Å²) >= 11 is 0. The lowest BCUT2D eigenvalue weighted by Crippen LogP contribution is -2.40. The number of amides is 1. The number of benzene rings is 2. The van der Waals surface area contributed by atoms with Crippen LogP contribution in [0.3, 0.4) is 0 Å². The number of phenols is 1. The minimum atomic E-state index is -0.332. The molecular formula is C22H22N4O3. The van der Waals surface area contributed by atoms with Gasteiger partial charge in [-0.15, -0.1) is 0 Å². The smallest absolute Gasteiger partial charge is 0.221 e. The van der Waals surface area contributed by atoms with Crippen LogP contribution in [0.1, 0.15) is 30.5 Å². The van der Waals surface area contributed by atoms with Crippen LogP contribution >= 0.6 is 0 Å². The van der Waals surface area contributed by atoms with Crippen LogP contribution in [-0.4, -0.2) is 34.1 Å². The van der Waals surface area contributed by atoms with E-state index in [0.717, 1.165) is 16.9 Å². The maximum atomic E-state index is 11.4. The zero-order valence-corrected chi connectivity index (χ0v) is 16.0. The van der Waals surface area contributed by atoms with Crippen molar-refractivity contribution in [2.24, 2.45) is 0 Å². The van der Waals surface area contributed by atoms with Crippen LogP contribution in [-0.2, 0) is 9.53 Å². The number of nitrogens with one attached hydrogen (secondary N) is 1. The zero-order chi connectivity index (χ0) is 20.2. The number of nitrogens with zero attached hydrogens (tertiary/aromatic N) is 3. The van der Waals surface area contributed by atoms with Gasteiger partial charge in [0.2, 0.25) is 5.91 Å². The molecule has 0 aliphatic carbocycles. The number of ether oxygens (including phenoxy) is 1. The van der Waals surface area contributed by atoms with E-state index in [1.54, 1.807) is 30.6 Å². The van der Waals surface area contributed by atoms with E-state index in [4.69, 9.17) is 4.74 Å². The highest BCUT2D eigenvalue weighted by Gasteiger charge is 2.31. The van der Waals surface area contributed by atoms with Gasteiger partial charge < -0.3 is 20.1 Å². The Morgan fingerprint density at radius 1 is 1.07 bits per heavy atom. The van der Waals surface area contributed by atoms with Crippen molar-refractivity contribution in [3.05, 3.63) is 78.4 Å². The van der Waals surface area contributed by atoms with Crippen molar-refractivity contribution >= 4 is 17.3 Å². The molecule has 148 valence electrons. The Balaban J connectivity index is 1.66. The first-order valence-electron chi connectivity index (χ1n) is 9.42. The van der Waals surface area contributed by atoms with Gasteiger partial charge in [0.25, 0.3) is 0 Å². The molecule has 1 aromatic heterocycles. The minimum absolute atomic E-state index is 0.122. The summed E-state index contributed by atoms with van der Waals surface area (Å²) in [6.45, 7) is 2.64. The van der Waals surface area contributed by atoms with Crippen molar-refractivity contribution in [2.75, 3.05) is 23.3 Å². The summed E-state index contributed by atoms with van der Waals surface area (Å²) in [5, 5.41) is 12.7. The fraction of sp³-hybridized carbons (Fsp3) is 0.227. The standard InChI is InChI=1S/C22H22N4O3/c1-15(27)25-17-6-2-5-16(11-17)20-13-26(18-7-3-8-19(28)12-18)14-21(29-20)22-23-9-4-10-24-22/h2-12,20-21,28H,13-14H2,1H3,(H,25,27). The Morgan fingerprint density at radius 2 is 1.83 bits per heavy atom. The Labute approximate surface area is 169 Å². The molecule has 0 saturated carbocycles. The molecule has 29 heavy (non-hydrogen) atoms. The van der Waals surface area contributed by atoms with Crippen molar-refractivity contribution in [1.82, 2.24) is 9.97 Å². The van der Waals surface area contributed by atoms with Crippen LogP contribution in [0, 0.1) is 0 Å². The molecule has 2 heterocycles. The number of phenolic OH excluding ortho intramolecular Hbond substituents is 1. The van der Waals surface area contributed by atoms with Crippen molar-refractivity contribution in [2.45, 2.75) is 19.1 Å². The first-order chi connectivity index (χ1) is 14.1. The fourth-order valence-electron chi connectivity index (χ4n) is 3.48. The maximum Gasteiger partial charge on any atom is 0.221 e. The van der Waals surface area contributed by atoms with Gasteiger partial charge in [-0.1, -0.05) is 18.2 Å². The second kappa shape index (κ2) is 8.28. The summed E-state index contributed by atoms with van der Waals surface area (Å²) < 4.78 is 6.36. The third-order valence-corrected chi connectivity index (χ3v) is 4.75. The molecule has 1 saturated heterocycles. The largest absolute Gasteiger partial charge is 0.508 e. The third kappa shape index (κ3) is 4.52. The number of carbonyl (C=O) groups excluding carboxylic acids is 1. The lowest BCUT2D eigenvalue weighted by Gasteiger charge is -2.39. The molecule has 1 amide bonds. The molecule has 2 atom stereocenters. The predicted octanol–water partition coefficient (Wildman–Crippen LogP) is 3.46. The number of morpholine rings is 1. The van der Waals surface area contributed by atoms with Crippen molar-refractivity contribution in [3.8, 4) is 5.75 Å². The molecule has 1 fully saturated rings. The summed E-state index contributed by atoms with van der Waals surface area (Å²) in [5.41, 5.74) is 2.57. The Kier molecular flexibility index (Phi) is 5.39. The molecule has 7 heteroatoms. The monoisotopic (exact) mass is 390 g/mol. The highest BCUT2D eigenvalue weighted by Crippen LogP contribution is 2.35. The highest BCUT2D eigenvalue weighted by molar-refractivity contribution is 5.88. The van der Waals surface area contributed by atoms with Gasteiger partial charge in [0.05, 0.1) is 6.54 Å². The van der Waals surface area contributed by atoms with Crippen LogP contribution < -0.4 is 10.2 Å². The van der Waals surface area contributed by atoms with E-state index in [-0.39, 0.29) is 23.9 Å². The van der Waals surface area contributed by atoms with Crippen LogP contribution in [0.25, 0.3) is 0 Å². The van der Waals surface area contributed by atoms with Gasteiger partial charge in [0, 0.05) is 43.3 Å². The molecule has 0 spiro atoms. The summed E-state index contributed by atoms with van der Waals surface area (Å²) in [5.74, 6) is 0.703. The lowest BCUT2D eigenvalue weighted by molar-refractivity contribution is -0.114. The average Bonchev–Trinajstić information content (AvgIpc) is 2.74. The van der Waals surface area contributed by atoms with Gasteiger partial charge in [-0.2, -0.15) is 0 Å². The molecule has 2 unspecified atom stereocenters. The fourth-order valence-corrected chi connectivity index (χ4v) is 3.48. The maximum absolute atomic E-state index is 11.4. The molecule has 4 rings (SSSR count). The third-order valence-electron chi connectivity index (χ3n) is 4.75. The molecule has 7 nitrogen and oxygen atoms in total. The van der Waals surface area contributed by atoms with Gasteiger partial charge in [0.15, 0.2) is 5.82 Å². The minimum Gasteiger partial charge on any atom is -0.508 e. The summed E-state index contributed by atoms with van der Waals surface area (Å²) in [7, 11) is 0. The number of hydrogen-bond acceptors (Lipinski definition) is 6. The first kappa shape index (κ1) is 18.9. The Morgan fingerprint density at radius 3 is 2.59 bits per heavy atom. The second-order valence-electron chi connectivity index (χ2n) is 6.95. The Hall–Kier alpha value is -3.45. The number of carbonyl (C=O) groups is 1. The topological polar surface area (TPSA) is 87.6 Å². The number of anilines is 2. The molecule has 2 N–H and O–H groups in total. The first-order valence-corrected chi connectivity index (χ1v) is 9.42. The molecule has 0 radical (unpaired) electrons. The highest BCUT2D eigenvalue weighted by atomic mass is 16.5. The number of aromatic nitrogens is 2. The predicted molar refractivity (Wildman–Crippen MR) is 110 cm³/mol. The second-order valence-corrected chi connectivity index (χ2v) is 6.95. The average molecular weight is 390 g/mol. The van der Waals surface area contributed by atoms with Crippen molar-refractivity contribution in [1.29, 1.82) is 0 Å². The number of aromatic hydroxyl groups is 1. The van der Waals surface area contributed by atoms with Gasteiger partial charge in [-0.05, 0) is 35.9 Å². The van der Waals surface area contributed by atoms with E-state index >= 15 is 0 Å². The van der Waals surface area contributed by atoms with Crippen molar-refractivity contribution < 1.29 is 14.6 Å². The Bertz CT molecular complexity index is 996. The van der Waals surface area contributed by atoms with E-state index in [2.05, 4.69) is 20.2 Å². The van der Waals surface area contributed by atoms with E-state index in [1.165, 1.54) is 6.92 Å². The zero-order valence-electron chi connectivity index (χ0n) is 16.0. The van der Waals surface area contributed by atoms with E-state index < -0.39 is 0 Å². The summed E-state index contributed by atoms with van der Waals surface area (Å²) in [6.07, 6.45) is 2.81. The molecule has 0 bridgehead atoms. The van der Waals surface area contributed by atoms with Gasteiger partial charge in [-0.3, -0.25) is 4.79 Å². The molecule has 1 aliphatic heterocycles. The van der Waals surface area contributed by atoms with Gasteiger partial charge in [0.1, 0.15) is 18.0 Å². The molecule has 1 aliphatic rings. The summed E-state index contributed by atoms with van der Waals surface area (Å²) in [4.78, 5) is 22.3. The van der Waals surface area contributed by atoms with E-state index in [0.29, 0.717) is 18.9 Å². The van der Waals surface area contributed by atoms with Gasteiger partial charge in [-0.25, -0.2) is 9.97 Å². The number of rotatable bonds is 4. The van der Waals surface area contributed by atoms with E-state index in [1.807, 2.05) is 36.4 Å². The molecule has 3 aromatic rings. The quantitative estimate of drug-likeness (QED) is 0.709. The van der Waals surface area contributed by atoms with Crippen LogP contribution in [0.15, 0.2) is 67.0 Å². The van der Waals surface area contributed by atoms with Crippen LogP contribution in [0.2, 0.25) is 0 Å². The summed E-state index contributed by atoms with van der Waals surface area (Å²) in [6, 6.07) is 16.6.